The third-order valence-electron chi connectivity index (χ3n) is 3.06. The highest BCUT2D eigenvalue weighted by atomic mass is 16.4. The third kappa shape index (κ3) is 1.89. The van der Waals surface area contributed by atoms with Crippen molar-refractivity contribution in [1.82, 2.24) is 4.90 Å². The van der Waals surface area contributed by atoms with E-state index in [1.807, 2.05) is 0 Å². The van der Waals surface area contributed by atoms with Gasteiger partial charge in [0, 0.05) is 19.0 Å². The van der Waals surface area contributed by atoms with Gasteiger partial charge in [0.05, 0.1) is 6.42 Å². The molecule has 1 atom stereocenters. The van der Waals surface area contributed by atoms with Crippen molar-refractivity contribution in [2.45, 2.75) is 38.1 Å². The highest BCUT2D eigenvalue weighted by Crippen LogP contribution is 2.38. The smallest absolute Gasteiger partial charge is 0.305 e. The van der Waals surface area contributed by atoms with Gasteiger partial charge in [-0.3, -0.25) is 9.59 Å². The molecule has 1 aliphatic carbocycles. The summed E-state index contributed by atoms with van der Waals surface area (Å²) in [5.74, 6) is -0.196. The van der Waals surface area contributed by atoms with E-state index in [2.05, 4.69) is 0 Å². The van der Waals surface area contributed by atoms with Crippen LogP contribution in [0.15, 0.2) is 0 Å². The number of carbonyl (C=O) groups excluding carboxylic acids is 1. The van der Waals surface area contributed by atoms with E-state index < -0.39 is 5.97 Å². The zero-order valence-electron chi connectivity index (χ0n) is 8.11. The summed E-state index contributed by atoms with van der Waals surface area (Å²) in [6.07, 6.45) is 3.78. The zero-order chi connectivity index (χ0) is 10.1. The summed E-state index contributed by atoms with van der Waals surface area (Å²) >= 11 is 0. The molecule has 1 saturated carbocycles. The molecule has 1 aliphatic heterocycles. The maximum absolute atomic E-state index is 11.5. The first-order valence-corrected chi connectivity index (χ1v) is 5.20. The molecule has 78 valence electrons. The van der Waals surface area contributed by atoms with Crippen molar-refractivity contribution in [2.75, 3.05) is 6.54 Å². The Morgan fingerprint density at radius 2 is 2.29 bits per heavy atom. The lowest BCUT2D eigenvalue weighted by atomic mass is 10.1. The Morgan fingerprint density at radius 1 is 1.57 bits per heavy atom. The number of hydrogen-bond donors (Lipinski definition) is 1. The highest BCUT2D eigenvalue weighted by Gasteiger charge is 2.39. The number of amides is 1. The van der Waals surface area contributed by atoms with Gasteiger partial charge in [0.25, 0.3) is 0 Å². The normalized spacial score (nSPS) is 24.0. The Bertz CT molecular complexity index is 260. The van der Waals surface area contributed by atoms with Gasteiger partial charge in [-0.1, -0.05) is 0 Å². The molecule has 1 unspecified atom stereocenters. The van der Waals surface area contributed by atoms with Gasteiger partial charge in [-0.15, -0.1) is 0 Å². The van der Waals surface area contributed by atoms with Crippen LogP contribution in [-0.4, -0.2) is 34.5 Å². The van der Waals surface area contributed by atoms with E-state index >= 15 is 0 Å². The molecule has 0 radical (unpaired) electrons. The monoisotopic (exact) mass is 197 g/mol. The minimum Gasteiger partial charge on any atom is -0.481 e. The molecule has 4 nitrogen and oxygen atoms in total. The Morgan fingerprint density at radius 3 is 2.71 bits per heavy atom. The molecule has 1 N–H and O–H groups in total. The number of carboxylic acid groups (broad SMARTS) is 1. The number of aliphatic carboxylic acids is 1. The van der Waals surface area contributed by atoms with Crippen molar-refractivity contribution >= 4 is 11.9 Å². The average molecular weight is 197 g/mol. The van der Waals surface area contributed by atoms with E-state index in [1.165, 1.54) is 0 Å². The van der Waals surface area contributed by atoms with Crippen molar-refractivity contribution in [3.05, 3.63) is 0 Å². The zero-order valence-corrected chi connectivity index (χ0v) is 8.11. The Hall–Kier alpha value is -1.06. The van der Waals surface area contributed by atoms with Gasteiger partial charge in [-0.05, 0) is 25.2 Å². The van der Waals surface area contributed by atoms with Gasteiger partial charge >= 0.3 is 5.97 Å². The molecule has 14 heavy (non-hydrogen) atoms. The molecule has 1 amide bonds. The van der Waals surface area contributed by atoms with E-state index in [0.29, 0.717) is 12.3 Å². The van der Waals surface area contributed by atoms with E-state index in [0.717, 1.165) is 25.8 Å². The number of carbonyl (C=O) groups is 2. The first-order valence-electron chi connectivity index (χ1n) is 5.20. The maximum Gasteiger partial charge on any atom is 0.305 e. The largest absolute Gasteiger partial charge is 0.481 e. The van der Waals surface area contributed by atoms with Crippen LogP contribution in [0, 0.1) is 5.92 Å². The fourth-order valence-electron chi connectivity index (χ4n) is 2.21. The fraction of sp³-hybridized carbons (Fsp3) is 0.800. The topological polar surface area (TPSA) is 57.6 Å². The van der Waals surface area contributed by atoms with Crippen molar-refractivity contribution in [1.29, 1.82) is 0 Å². The van der Waals surface area contributed by atoms with E-state index in [4.69, 9.17) is 5.11 Å². The molecule has 2 fully saturated rings. The van der Waals surface area contributed by atoms with E-state index in [-0.39, 0.29) is 18.4 Å². The van der Waals surface area contributed by atoms with Crippen LogP contribution in [0.25, 0.3) is 0 Å². The Kier molecular flexibility index (Phi) is 2.44. The molecule has 0 bridgehead atoms. The third-order valence-corrected chi connectivity index (χ3v) is 3.06. The SMILES string of the molecule is O=C(O)CC(C1CC1)N1CCCC1=O. The summed E-state index contributed by atoms with van der Waals surface area (Å²) in [5.41, 5.74) is 0. The van der Waals surface area contributed by atoms with Crippen LogP contribution in [0.2, 0.25) is 0 Å². The molecule has 0 aromatic heterocycles. The highest BCUT2D eigenvalue weighted by molar-refractivity contribution is 5.79. The fourth-order valence-corrected chi connectivity index (χ4v) is 2.21. The van der Waals surface area contributed by atoms with Gasteiger partial charge < -0.3 is 10.0 Å². The minimum absolute atomic E-state index is 0.0255. The molecule has 1 heterocycles. The van der Waals surface area contributed by atoms with Crippen LogP contribution in [0.3, 0.4) is 0 Å². The number of hydrogen-bond acceptors (Lipinski definition) is 2. The summed E-state index contributed by atoms with van der Waals surface area (Å²) in [6, 6.07) is -0.0255. The van der Waals surface area contributed by atoms with Crippen LogP contribution in [0.1, 0.15) is 32.1 Å². The summed E-state index contributed by atoms with van der Waals surface area (Å²) < 4.78 is 0. The van der Waals surface area contributed by atoms with Crippen LogP contribution < -0.4 is 0 Å². The summed E-state index contributed by atoms with van der Waals surface area (Å²) in [7, 11) is 0. The molecule has 0 aromatic rings. The maximum atomic E-state index is 11.5. The first kappa shape index (κ1) is 9.49. The second-order valence-electron chi connectivity index (χ2n) is 4.19. The summed E-state index contributed by atoms with van der Waals surface area (Å²) in [5, 5.41) is 8.77. The van der Waals surface area contributed by atoms with Crippen LogP contribution in [-0.2, 0) is 9.59 Å². The lowest BCUT2D eigenvalue weighted by Crippen LogP contribution is -2.39. The Balaban J connectivity index is 2.01. The minimum atomic E-state index is -0.790. The summed E-state index contributed by atoms with van der Waals surface area (Å²) in [6.45, 7) is 0.757. The number of likely N-dealkylation sites (tertiary alicyclic amines) is 1. The van der Waals surface area contributed by atoms with Gasteiger partial charge in [-0.2, -0.15) is 0 Å². The van der Waals surface area contributed by atoms with Crippen LogP contribution >= 0.6 is 0 Å². The Labute approximate surface area is 82.9 Å². The first-order chi connectivity index (χ1) is 6.68. The van der Waals surface area contributed by atoms with Crippen LogP contribution in [0.4, 0.5) is 0 Å². The molecule has 2 aliphatic rings. The predicted octanol–water partition coefficient (Wildman–Crippen LogP) is 0.862. The second-order valence-corrected chi connectivity index (χ2v) is 4.19. The lowest BCUT2D eigenvalue weighted by molar-refractivity contribution is -0.140. The number of nitrogens with zero attached hydrogens (tertiary/aromatic N) is 1. The van der Waals surface area contributed by atoms with E-state index in [9.17, 15) is 9.59 Å². The van der Waals surface area contributed by atoms with Gasteiger partial charge in [0.2, 0.25) is 5.91 Å². The van der Waals surface area contributed by atoms with Gasteiger partial charge in [-0.25, -0.2) is 0 Å². The molecule has 0 spiro atoms. The van der Waals surface area contributed by atoms with Crippen molar-refractivity contribution in [3.8, 4) is 0 Å². The molecular formula is C10H15NO3. The van der Waals surface area contributed by atoms with Crippen molar-refractivity contribution in [3.63, 3.8) is 0 Å². The molecular weight excluding hydrogens is 182 g/mol. The quantitative estimate of drug-likeness (QED) is 0.727. The summed E-state index contributed by atoms with van der Waals surface area (Å²) in [4.78, 5) is 23.9. The lowest BCUT2D eigenvalue weighted by Gasteiger charge is -2.26. The molecule has 1 saturated heterocycles. The molecule has 4 heteroatoms. The molecule has 2 rings (SSSR count). The van der Waals surface area contributed by atoms with Crippen molar-refractivity contribution < 1.29 is 14.7 Å². The van der Waals surface area contributed by atoms with Gasteiger partial charge in [0.1, 0.15) is 0 Å². The predicted molar refractivity (Wildman–Crippen MR) is 49.7 cm³/mol. The second kappa shape index (κ2) is 3.59. The average Bonchev–Trinajstić information content (AvgIpc) is 2.86. The molecule has 0 aromatic carbocycles. The number of rotatable bonds is 4. The van der Waals surface area contributed by atoms with E-state index in [1.54, 1.807) is 4.90 Å². The standard InChI is InChI=1S/C10H15NO3/c12-9-2-1-5-11(9)8(6-10(13)14)7-3-4-7/h7-8H,1-6H2,(H,13,14). The number of carboxylic acids is 1. The van der Waals surface area contributed by atoms with Gasteiger partial charge in [0.15, 0.2) is 0 Å². The van der Waals surface area contributed by atoms with Crippen molar-refractivity contribution in [2.24, 2.45) is 5.92 Å². The van der Waals surface area contributed by atoms with Crippen LogP contribution in [0.5, 0.6) is 0 Å².